The number of aliphatic hydroxyl groups is 1. The fourth-order valence-electron chi connectivity index (χ4n) is 3.29. The van der Waals surface area contributed by atoms with Crippen LogP contribution in [-0.4, -0.2) is 47.3 Å². The molecule has 29 heavy (non-hydrogen) atoms. The lowest BCUT2D eigenvalue weighted by Crippen LogP contribution is -2.35. The summed E-state index contributed by atoms with van der Waals surface area (Å²) < 4.78 is 25.1. The number of pyridine rings is 1. The summed E-state index contributed by atoms with van der Waals surface area (Å²) >= 11 is 0. The van der Waals surface area contributed by atoms with Crippen molar-refractivity contribution in [3.8, 4) is 11.5 Å². The highest BCUT2D eigenvalue weighted by molar-refractivity contribution is 5.94. The number of rotatable bonds is 5. The molecule has 2 N–H and O–H groups in total. The third-order valence-corrected chi connectivity index (χ3v) is 4.71. The Kier molecular flexibility index (Phi) is 5.18. The van der Waals surface area contributed by atoms with Gasteiger partial charge in [0.25, 0.3) is 11.5 Å². The van der Waals surface area contributed by atoms with Crippen molar-refractivity contribution in [3.63, 3.8) is 0 Å². The number of aromatic nitrogens is 1. The fraction of sp³-hybridized carbons (Fsp3) is 0.238. The molecule has 2 heterocycles. The van der Waals surface area contributed by atoms with E-state index in [1.54, 1.807) is 24.3 Å². The largest absolute Gasteiger partial charge is 0.486 e. The molecule has 0 radical (unpaired) electrons. The van der Waals surface area contributed by atoms with Crippen LogP contribution in [0.3, 0.4) is 0 Å². The van der Waals surface area contributed by atoms with Crippen molar-refractivity contribution >= 4 is 16.8 Å². The molecule has 0 bridgehead atoms. The van der Waals surface area contributed by atoms with Gasteiger partial charge in [-0.25, -0.2) is 4.39 Å². The third kappa shape index (κ3) is 3.79. The van der Waals surface area contributed by atoms with Crippen LogP contribution in [0.4, 0.5) is 4.39 Å². The molecule has 1 aromatic heterocycles. The Labute approximate surface area is 165 Å². The molecule has 1 amide bonds. The smallest absolute Gasteiger partial charge is 0.257 e. The third-order valence-electron chi connectivity index (χ3n) is 4.71. The van der Waals surface area contributed by atoms with E-state index in [0.717, 1.165) is 0 Å². The zero-order valence-corrected chi connectivity index (χ0v) is 15.5. The van der Waals surface area contributed by atoms with Crippen molar-refractivity contribution in [2.24, 2.45) is 0 Å². The first-order valence-electron chi connectivity index (χ1n) is 9.17. The summed E-state index contributed by atoms with van der Waals surface area (Å²) in [5.74, 6) is -0.115. The summed E-state index contributed by atoms with van der Waals surface area (Å²) in [6, 6.07) is 10.7. The van der Waals surface area contributed by atoms with Crippen molar-refractivity contribution in [1.29, 1.82) is 0 Å². The highest BCUT2D eigenvalue weighted by Crippen LogP contribution is 2.33. The van der Waals surface area contributed by atoms with Crippen molar-refractivity contribution < 1.29 is 23.8 Å². The zero-order chi connectivity index (χ0) is 20.4. The molecule has 3 aromatic rings. The molecule has 0 unspecified atom stereocenters. The van der Waals surface area contributed by atoms with E-state index < -0.39 is 11.7 Å². The Morgan fingerprint density at radius 1 is 1.14 bits per heavy atom. The van der Waals surface area contributed by atoms with Crippen molar-refractivity contribution in [2.75, 3.05) is 26.4 Å². The van der Waals surface area contributed by atoms with Crippen LogP contribution >= 0.6 is 0 Å². The SMILES string of the molecule is O=C(c1ccccc1F)N(CCO)Cc1cc2cc3c(cc2[nH]c1=O)OCCO3. The lowest BCUT2D eigenvalue weighted by molar-refractivity contribution is 0.0702. The number of ether oxygens (including phenoxy) is 2. The van der Waals surface area contributed by atoms with E-state index in [1.807, 2.05) is 0 Å². The van der Waals surface area contributed by atoms with E-state index in [0.29, 0.717) is 41.2 Å². The van der Waals surface area contributed by atoms with Gasteiger partial charge in [0.05, 0.1) is 24.2 Å². The Morgan fingerprint density at radius 2 is 1.86 bits per heavy atom. The second-order valence-electron chi connectivity index (χ2n) is 6.64. The number of hydrogen-bond donors (Lipinski definition) is 2. The molecule has 2 aromatic carbocycles. The van der Waals surface area contributed by atoms with Gasteiger partial charge in [0.15, 0.2) is 11.5 Å². The first kappa shape index (κ1) is 18.9. The number of H-pyrrole nitrogens is 1. The summed E-state index contributed by atoms with van der Waals surface area (Å²) in [7, 11) is 0. The molecule has 7 nitrogen and oxygen atoms in total. The van der Waals surface area contributed by atoms with Gasteiger partial charge in [-0.3, -0.25) is 9.59 Å². The van der Waals surface area contributed by atoms with E-state index in [1.165, 1.54) is 23.1 Å². The number of fused-ring (bicyclic) bond motifs is 2. The molecule has 4 rings (SSSR count). The van der Waals surface area contributed by atoms with Crippen LogP contribution in [0, 0.1) is 5.82 Å². The molecule has 1 aliphatic heterocycles. The topological polar surface area (TPSA) is 91.9 Å². The van der Waals surface area contributed by atoms with Gasteiger partial charge in [-0.15, -0.1) is 0 Å². The maximum atomic E-state index is 14.0. The van der Waals surface area contributed by atoms with Crippen molar-refractivity contribution in [2.45, 2.75) is 6.54 Å². The molecule has 0 fully saturated rings. The van der Waals surface area contributed by atoms with Crippen molar-refractivity contribution in [1.82, 2.24) is 9.88 Å². The quantitative estimate of drug-likeness (QED) is 0.687. The van der Waals surface area contributed by atoms with Crippen molar-refractivity contribution in [3.05, 3.63) is 69.8 Å². The van der Waals surface area contributed by atoms with E-state index in [-0.39, 0.29) is 30.8 Å². The second kappa shape index (κ2) is 7.92. The van der Waals surface area contributed by atoms with Gasteiger partial charge in [-0.05, 0) is 24.3 Å². The highest BCUT2D eigenvalue weighted by Gasteiger charge is 2.21. The van der Waals surface area contributed by atoms with Gasteiger partial charge >= 0.3 is 0 Å². The van der Waals surface area contributed by atoms with Crippen LogP contribution in [0.2, 0.25) is 0 Å². The predicted molar refractivity (Wildman–Crippen MR) is 104 cm³/mol. The average molecular weight is 398 g/mol. The first-order chi connectivity index (χ1) is 14.1. The minimum atomic E-state index is -0.656. The molecule has 0 atom stereocenters. The van der Waals surface area contributed by atoms with Crippen LogP contribution < -0.4 is 15.0 Å². The summed E-state index contributed by atoms with van der Waals surface area (Å²) in [6.07, 6.45) is 0. The Morgan fingerprint density at radius 3 is 2.59 bits per heavy atom. The normalized spacial score (nSPS) is 12.8. The first-order valence-corrected chi connectivity index (χ1v) is 9.17. The van der Waals surface area contributed by atoms with Gasteiger partial charge in [-0.2, -0.15) is 0 Å². The molecule has 0 aliphatic carbocycles. The average Bonchev–Trinajstić information content (AvgIpc) is 2.72. The number of aliphatic hydroxyl groups excluding tert-OH is 1. The Bertz CT molecular complexity index is 1130. The van der Waals surface area contributed by atoms with Gasteiger partial charge in [0.1, 0.15) is 19.0 Å². The van der Waals surface area contributed by atoms with Crippen LogP contribution in [0.25, 0.3) is 10.9 Å². The van der Waals surface area contributed by atoms with Crippen LogP contribution in [0.15, 0.2) is 47.3 Å². The second-order valence-corrected chi connectivity index (χ2v) is 6.64. The minimum absolute atomic E-state index is 0.0359. The molecular weight excluding hydrogens is 379 g/mol. The molecule has 0 spiro atoms. The molecule has 0 saturated heterocycles. The standard InChI is InChI=1S/C21H19FN2O5/c22-16-4-2-1-3-15(16)21(27)24(5-6-25)12-14-9-13-10-18-19(29-8-7-28-18)11-17(13)23-20(14)26/h1-4,9-11,25H,5-8,12H2,(H,23,26). The molecule has 0 saturated carbocycles. The van der Waals surface area contributed by atoms with E-state index in [9.17, 15) is 19.1 Å². The summed E-state index contributed by atoms with van der Waals surface area (Å²) in [4.78, 5) is 29.3. The van der Waals surface area contributed by atoms with E-state index >= 15 is 0 Å². The number of aromatic amines is 1. The van der Waals surface area contributed by atoms with Crippen LogP contribution in [0.5, 0.6) is 11.5 Å². The monoisotopic (exact) mass is 398 g/mol. The van der Waals surface area contributed by atoms with E-state index in [4.69, 9.17) is 9.47 Å². The van der Waals surface area contributed by atoms with Gasteiger partial charge in [-0.1, -0.05) is 12.1 Å². The zero-order valence-electron chi connectivity index (χ0n) is 15.5. The molecule has 8 heteroatoms. The summed E-state index contributed by atoms with van der Waals surface area (Å²) in [6.45, 7) is 0.453. The maximum absolute atomic E-state index is 14.0. The molecule has 1 aliphatic rings. The van der Waals surface area contributed by atoms with Gasteiger partial charge in [0.2, 0.25) is 0 Å². The number of halogens is 1. The number of carbonyl (C=O) groups excluding carboxylic acids is 1. The fourth-order valence-corrected chi connectivity index (χ4v) is 3.29. The molecule has 150 valence electrons. The molecular formula is C21H19FN2O5. The highest BCUT2D eigenvalue weighted by atomic mass is 19.1. The summed E-state index contributed by atoms with van der Waals surface area (Å²) in [5, 5.41) is 10.1. The Balaban J connectivity index is 1.68. The number of benzene rings is 2. The number of nitrogens with zero attached hydrogens (tertiary/aromatic N) is 1. The van der Waals surface area contributed by atoms with E-state index in [2.05, 4.69) is 4.98 Å². The maximum Gasteiger partial charge on any atom is 0.257 e. The Hall–Kier alpha value is -3.39. The number of amides is 1. The minimum Gasteiger partial charge on any atom is -0.486 e. The predicted octanol–water partition coefficient (Wildman–Crippen LogP) is 2.07. The van der Waals surface area contributed by atoms with Gasteiger partial charge < -0.3 is 24.5 Å². The van der Waals surface area contributed by atoms with Crippen LogP contribution in [0.1, 0.15) is 15.9 Å². The number of nitrogens with one attached hydrogen (secondary N) is 1. The lowest BCUT2D eigenvalue weighted by Gasteiger charge is -2.22. The van der Waals surface area contributed by atoms with Crippen LogP contribution in [-0.2, 0) is 6.54 Å². The summed E-state index contributed by atoms with van der Waals surface area (Å²) in [5.41, 5.74) is 0.403. The lowest BCUT2D eigenvalue weighted by atomic mass is 10.1. The number of hydrogen-bond acceptors (Lipinski definition) is 5. The van der Waals surface area contributed by atoms with Gasteiger partial charge in [0, 0.05) is 23.6 Å². The number of carbonyl (C=O) groups is 1.